The van der Waals surface area contributed by atoms with Gasteiger partial charge in [-0.15, -0.1) is 0 Å². The molecular formula is C60H48F18S5Sb3-. The molecule has 86 heavy (non-hydrogen) atoms. The first-order valence-electron chi connectivity index (χ1n) is 24.1. The SMILES string of the molecule is [F-].[F-].[F-].[F][SbH-]([F])([F])([F])[F].[F][Sb]([F])([F])([F])[F].[F][Sb]([F])([F])([F])[F].c1ccc(Sc2cccc([S+](c3ccccc3)c3ccccc3)c2)cc1.c1ccc([S+](c2ccccc2)c2cccc(Sc3cccc([S+](c4ccccc4)c4ccccc4)c3)c2)cc1. The van der Waals surface area contributed by atoms with E-state index in [1.165, 1.54) is 63.6 Å². The van der Waals surface area contributed by atoms with Gasteiger partial charge >= 0.3 is 103 Å². The monoisotopic (exact) mass is 1630 g/mol. The molecule has 0 aliphatic heterocycles. The largest absolute Gasteiger partial charge is 0.167 e. The summed E-state index contributed by atoms with van der Waals surface area (Å²) in [5.41, 5.74) is 0. The van der Waals surface area contributed by atoms with Crippen molar-refractivity contribution in [3.63, 3.8) is 0 Å². The van der Waals surface area contributed by atoms with Gasteiger partial charge in [0.1, 0.15) is 0 Å². The normalized spacial score (nSPS) is 12.3. The van der Waals surface area contributed by atoms with Gasteiger partial charge in [0.15, 0.2) is 44.1 Å². The van der Waals surface area contributed by atoms with Crippen LogP contribution < -0.4 is 14.1 Å². The van der Waals surface area contributed by atoms with Gasteiger partial charge in [-0.3, -0.25) is 0 Å². The van der Waals surface area contributed by atoms with Crippen LogP contribution in [-0.4, -0.2) is 60.9 Å². The summed E-state index contributed by atoms with van der Waals surface area (Å²) in [6.45, 7) is 0. The van der Waals surface area contributed by atoms with E-state index in [0.717, 1.165) is 0 Å². The Balaban J connectivity index is 0.000000354. The van der Waals surface area contributed by atoms with Crippen LogP contribution in [0.5, 0.6) is 0 Å². The van der Waals surface area contributed by atoms with E-state index in [2.05, 4.69) is 285 Å². The molecule has 0 unspecified atom stereocenters. The molecule has 0 aliphatic carbocycles. The van der Waals surface area contributed by atoms with Gasteiger partial charge in [-0.05, 0) is 121 Å². The summed E-state index contributed by atoms with van der Waals surface area (Å²) in [5, 5.41) is 0. The Kier molecular flexibility index (Phi) is 29.5. The minimum absolute atomic E-state index is 0. The van der Waals surface area contributed by atoms with Crippen LogP contribution in [-0.2, 0) is 32.7 Å². The summed E-state index contributed by atoms with van der Waals surface area (Å²) in [5.74, 6) is 0. The molecule has 0 spiro atoms. The minimum Gasteiger partial charge on any atom is -0.0899 e. The second kappa shape index (κ2) is 33.6. The smallest absolute Gasteiger partial charge is 0.0899 e. The predicted octanol–water partition coefficient (Wildman–Crippen LogP) is 12.9. The molecule has 0 saturated carbocycles. The van der Waals surface area contributed by atoms with Crippen molar-refractivity contribution in [3.8, 4) is 0 Å². The molecule has 0 bridgehead atoms. The fourth-order valence-corrected chi connectivity index (χ4v) is 15.8. The van der Waals surface area contributed by atoms with E-state index in [1.54, 1.807) is 0 Å². The third-order valence-corrected chi connectivity index (χ3v) is 18.8. The van der Waals surface area contributed by atoms with Crippen molar-refractivity contribution in [1.82, 2.24) is 0 Å². The van der Waals surface area contributed by atoms with Crippen LogP contribution in [0, 0.1) is 0 Å². The van der Waals surface area contributed by atoms with Crippen LogP contribution in [0.15, 0.2) is 349 Å². The molecule has 0 amide bonds. The summed E-state index contributed by atoms with van der Waals surface area (Å²) in [7, 11) is -0.409. The topological polar surface area (TPSA) is 0 Å². The molecule has 0 radical (unpaired) electrons. The van der Waals surface area contributed by atoms with Crippen LogP contribution in [0.3, 0.4) is 0 Å². The van der Waals surface area contributed by atoms with Gasteiger partial charge in [-0.2, -0.15) is 0 Å². The maximum absolute atomic E-state index is 9.92. The minimum atomic E-state index is -9.26. The van der Waals surface area contributed by atoms with Crippen molar-refractivity contribution in [1.29, 1.82) is 0 Å². The molecular weight excluding hydrogens is 1590 g/mol. The van der Waals surface area contributed by atoms with Gasteiger partial charge in [-0.1, -0.05) is 169 Å². The maximum atomic E-state index is 9.92. The van der Waals surface area contributed by atoms with Crippen LogP contribution in [0.2, 0.25) is 0 Å². The molecule has 0 nitrogen and oxygen atoms in total. The number of hydrogen-bond donors (Lipinski definition) is 0. The van der Waals surface area contributed by atoms with E-state index in [4.69, 9.17) is 0 Å². The summed E-state index contributed by atoms with van der Waals surface area (Å²) >= 11 is -24.0. The Bertz CT molecular complexity index is 3220. The van der Waals surface area contributed by atoms with Gasteiger partial charge in [0.2, 0.25) is 0 Å². The average Bonchev–Trinajstić information content (AvgIpc) is 2.12. The summed E-state index contributed by atoms with van der Waals surface area (Å²) < 4.78 is 149. The summed E-state index contributed by atoms with van der Waals surface area (Å²) in [4.78, 5) is 17.1. The zero-order valence-corrected chi connectivity index (χ0v) is 55.9. The zero-order valence-electron chi connectivity index (χ0n) is 43.9. The molecule has 460 valence electrons. The second-order valence-electron chi connectivity index (χ2n) is 16.7. The van der Waals surface area contributed by atoms with Crippen molar-refractivity contribution in [2.24, 2.45) is 0 Å². The van der Waals surface area contributed by atoms with E-state index in [1.807, 2.05) is 23.5 Å². The molecule has 0 atom stereocenters. The van der Waals surface area contributed by atoms with Crippen LogP contribution in [0.25, 0.3) is 0 Å². The van der Waals surface area contributed by atoms with E-state index in [0.29, 0.717) is 0 Å². The Morgan fingerprint density at radius 3 is 0.547 bits per heavy atom. The van der Waals surface area contributed by atoms with Crippen LogP contribution in [0.4, 0.5) is 42.2 Å². The van der Waals surface area contributed by atoms with Gasteiger partial charge in [0, 0.05) is 37.8 Å². The Morgan fingerprint density at radius 1 is 0.221 bits per heavy atom. The number of rotatable bonds is 13. The molecule has 10 aromatic rings. The number of hydrogen-bond acceptors (Lipinski definition) is 2. The molecule has 0 aromatic heterocycles. The Hall–Kier alpha value is -4.86. The Morgan fingerprint density at radius 2 is 0.360 bits per heavy atom. The van der Waals surface area contributed by atoms with E-state index < -0.39 is 60.9 Å². The van der Waals surface area contributed by atoms with E-state index in [9.17, 15) is 42.2 Å². The fraction of sp³-hybridized carbons (Fsp3) is 0. The van der Waals surface area contributed by atoms with Crippen molar-refractivity contribution in [2.45, 2.75) is 63.6 Å². The van der Waals surface area contributed by atoms with Crippen molar-refractivity contribution in [2.75, 3.05) is 0 Å². The second-order valence-corrected chi connectivity index (χ2v) is 36.5. The molecule has 10 aromatic carbocycles. The van der Waals surface area contributed by atoms with Crippen molar-refractivity contribution in [3.05, 3.63) is 285 Å². The van der Waals surface area contributed by atoms with Crippen molar-refractivity contribution >= 4 is 117 Å². The molecule has 0 saturated heterocycles. The first-order valence-corrected chi connectivity index (χ1v) is 44.5. The van der Waals surface area contributed by atoms with Gasteiger partial charge in [0.25, 0.3) is 0 Å². The molecule has 0 N–H and O–H groups in total. The molecule has 0 aliphatic rings. The fourth-order valence-electron chi connectivity index (χ4n) is 7.32. The molecule has 0 heterocycles. The van der Waals surface area contributed by atoms with E-state index >= 15 is 0 Å². The van der Waals surface area contributed by atoms with Gasteiger partial charge in [-0.25, -0.2) is 0 Å². The molecule has 0 fully saturated rings. The quantitative estimate of drug-likeness (QED) is 0.0641. The number of halogens is 18. The maximum Gasteiger partial charge on any atom is 0.167 e. The van der Waals surface area contributed by atoms with Crippen LogP contribution >= 0.6 is 23.5 Å². The standard InChI is InChI=1S/C36H28S3.C24H19S2.18FH.3Sb.H/c1-5-17-31(18-6-1)38(32-19-7-2-8-20-32)35-25-13-15-29(27-35)37-30-16-14-26-36(28-30)39(33-21-9-3-10-22-33)34-23-11-4-12-24-34;1-4-11-20(12-5-1)25-21-13-10-18-24(19-21)26(22-14-6-2-7-15-22)23-16-8-3-9-17-23;;;;;;;;;;;;;;;;;;;;;;/h1-28H;1-19H;18*1H;;;;/q+2;+1;;;;;;;;;;;;;;;;;;;+4;2*+5;/p-18. The van der Waals surface area contributed by atoms with E-state index in [-0.39, 0.29) is 46.8 Å². The molecule has 26 heteroatoms. The summed E-state index contributed by atoms with van der Waals surface area (Å²) in [6, 6.07) is 103. The Labute approximate surface area is 517 Å². The molecule has 10 rings (SSSR count). The third kappa shape index (κ3) is 30.9. The van der Waals surface area contributed by atoms with Gasteiger partial charge < -0.3 is 14.1 Å². The predicted molar refractivity (Wildman–Crippen MR) is 314 cm³/mol. The first kappa shape index (κ1) is 75.4. The van der Waals surface area contributed by atoms with Crippen LogP contribution in [0.1, 0.15) is 0 Å². The van der Waals surface area contributed by atoms with Gasteiger partial charge in [0.05, 0.1) is 32.7 Å². The van der Waals surface area contributed by atoms with Crippen molar-refractivity contribution < 1.29 is 56.3 Å². The average molecular weight is 1640 g/mol. The first-order chi connectivity index (χ1) is 39.0. The summed E-state index contributed by atoms with van der Waals surface area (Å²) in [6.07, 6.45) is 0. The zero-order chi connectivity index (χ0) is 60.2. The third-order valence-electron chi connectivity index (χ3n) is 10.2. The number of benzene rings is 10.